The van der Waals surface area contributed by atoms with Gasteiger partial charge < -0.3 is 16.8 Å². The van der Waals surface area contributed by atoms with Crippen LogP contribution in [0.3, 0.4) is 0 Å². The molecule has 144 valence electrons. The van der Waals surface area contributed by atoms with Crippen molar-refractivity contribution in [2.24, 2.45) is 11.5 Å². The summed E-state index contributed by atoms with van der Waals surface area (Å²) in [6, 6.07) is 3.05. The summed E-state index contributed by atoms with van der Waals surface area (Å²) in [6.45, 7) is 5.21. The first-order valence-electron chi connectivity index (χ1n) is 7.36. The van der Waals surface area contributed by atoms with E-state index in [1.165, 1.54) is 12.1 Å². The van der Waals surface area contributed by atoms with Gasteiger partial charge in [-0.3, -0.25) is 19.2 Å². The van der Waals surface area contributed by atoms with Gasteiger partial charge in [0.2, 0.25) is 0 Å². The van der Waals surface area contributed by atoms with Gasteiger partial charge in [-0.05, 0) is 38.0 Å². The van der Waals surface area contributed by atoms with Crippen LogP contribution in [-0.2, 0) is 14.4 Å². The van der Waals surface area contributed by atoms with E-state index in [0.29, 0.717) is 27.6 Å². The van der Waals surface area contributed by atoms with Crippen molar-refractivity contribution < 1.29 is 19.2 Å². The van der Waals surface area contributed by atoms with E-state index in [1.807, 2.05) is 0 Å². The number of halogens is 3. The first-order valence-corrected chi connectivity index (χ1v) is 8.65. The van der Waals surface area contributed by atoms with Crippen LogP contribution in [0.5, 0.6) is 0 Å². The van der Waals surface area contributed by atoms with Crippen LogP contribution < -0.4 is 16.8 Å². The molecular weight excluding hydrogens is 405 g/mol. The molecule has 3 amide bonds. The maximum Gasteiger partial charge on any atom is 0.306 e. The molecule has 0 aliphatic heterocycles. The topological polar surface area (TPSA) is 132 Å². The fourth-order valence-corrected chi connectivity index (χ4v) is 2.38. The highest BCUT2D eigenvalue weighted by molar-refractivity contribution is 6.36. The lowest BCUT2D eigenvalue weighted by Crippen LogP contribution is -2.52. The number of Topliss-reactive ketones (excluding diaryl/α,β-unsaturated/α-hetero) is 1. The highest BCUT2D eigenvalue weighted by Gasteiger charge is 2.32. The number of benzene rings is 1. The van der Waals surface area contributed by atoms with E-state index >= 15 is 0 Å². The second-order valence-electron chi connectivity index (χ2n) is 5.49. The Morgan fingerprint density at radius 2 is 1.50 bits per heavy atom. The standard InChI is InChI=1S/C14H16Cl3NO2.C2H4N2O2/c1-4-14(3,12(19)7-15)18-13(20)9-5-10(16)8(2)11(17)6-9;3-1(5)2(4)6/h5-6H,4,7H2,1-3H3,(H,18,20);(H2,3,5)(H2,4,6). The number of nitrogens with one attached hydrogen (secondary N) is 1. The van der Waals surface area contributed by atoms with Crippen molar-refractivity contribution in [2.75, 3.05) is 5.88 Å². The number of hydrogen-bond acceptors (Lipinski definition) is 4. The third-order valence-corrected chi connectivity index (χ3v) is 4.65. The Hall–Kier alpha value is -1.83. The summed E-state index contributed by atoms with van der Waals surface area (Å²) in [4.78, 5) is 42.9. The normalized spacial score (nSPS) is 12.2. The van der Waals surface area contributed by atoms with E-state index in [-0.39, 0.29) is 11.7 Å². The molecule has 0 fully saturated rings. The number of primary amides is 2. The maximum absolute atomic E-state index is 12.2. The largest absolute Gasteiger partial charge is 0.361 e. The van der Waals surface area contributed by atoms with Crippen LogP contribution in [0.2, 0.25) is 10.0 Å². The number of nitrogens with two attached hydrogens (primary N) is 2. The molecule has 0 spiro atoms. The zero-order valence-corrected chi connectivity index (χ0v) is 16.8. The van der Waals surface area contributed by atoms with Crippen LogP contribution in [0.15, 0.2) is 12.1 Å². The van der Waals surface area contributed by atoms with Gasteiger partial charge >= 0.3 is 11.8 Å². The van der Waals surface area contributed by atoms with E-state index in [2.05, 4.69) is 16.8 Å². The minimum Gasteiger partial charge on any atom is -0.361 e. The van der Waals surface area contributed by atoms with E-state index in [9.17, 15) is 19.2 Å². The molecule has 0 aromatic heterocycles. The molecule has 0 aliphatic rings. The van der Waals surface area contributed by atoms with E-state index in [1.54, 1.807) is 20.8 Å². The predicted octanol–water partition coefficient (Wildman–Crippen LogP) is 1.97. The number of alkyl halides is 1. The second-order valence-corrected chi connectivity index (χ2v) is 6.57. The van der Waals surface area contributed by atoms with Gasteiger partial charge in [0.25, 0.3) is 5.91 Å². The summed E-state index contributed by atoms with van der Waals surface area (Å²) in [7, 11) is 0. The molecule has 1 atom stereocenters. The predicted molar refractivity (Wildman–Crippen MR) is 101 cm³/mol. The Bertz CT molecular complexity index is 690. The van der Waals surface area contributed by atoms with Crippen molar-refractivity contribution in [3.05, 3.63) is 33.3 Å². The van der Waals surface area contributed by atoms with Gasteiger partial charge in [0.15, 0.2) is 5.78 Å². The van der Waals surface area contributed by atoms with E-state index in [0.717, 1.165) is 0 Å². The first kappa shape index (κ1) is 24.2. The average molecular weight is 425 g/mol. The molecule has 26 heavy (non-hydrogen) atoms. The Morgan fingerprint density at radius 1 is 1.08 bits per heavy atom. The summed E-state index contributed by atoms with van der Waals surface area (Å²) in [5, 5.41) is 3.51. The minimum atomic E-state index is -1.10. The number of ketones is 1. The monoisotopic (exact) mass is 423 g/mol. The quantitative estimate of drug-likeness (QED) is 0.492. The molecular formula is C16H20Cl3N3O4. The van der Waals surface area contributed by atoms with Crippen molar-refractivity contribution in [3.63, 3.8) is 0 Å². The lowest BCUT2D eigenvalue weighted by molar-refractivity contribution is -0.135. The maximum atomic E-state index is 12.2. The number of amides is 3. The van der Waals surface area contributed by atoms with Gasteiger partial charge in [-0.2, -0.15) is 0 Å². The minimum absolute atomic E-state index is 0.153. The summed E-state index contributed by atoms with van der Waals surface area (Å²) < 4.78 is 0. The summed E-state index contributed by atoms with van der Waals surface area (Å²) in [6.07, 6.45) is 0.442. The number of rotatable bonds is 5. The highest BCUT2D eigenvalue weighted by atomic mass is 35.5. The fourth-order valence-electron chi connectivity index (χ4n) is 1.60. The van der Waals surface area contributed by atoms with Gasteiger partial charge in [0.05, 0.1) is 11.4 Å². The molecule has 0 heterocycles. The van der Waals surface area contributed by atoms with Crippen LogP contribution >= 0.6 is 34.8 Å². The van der Waals surface area contributed by atoms with Crippen molar-refractivity contribution in [1.29, 1.82) is 0 Å². The number of carbonyl (C=O) groups is 4. The molecule has 1 unspecified atom stereocenters. The van der Waals surface area contributed by atoms with Crippen LogP contribution in [0, 0.1) is 6.92 Å². The van der Waals surface area contributed by atoms with E-state index < -0.39 is 23.3 Å². The van der Waals surface area contributed by atoms with Gasteiger partial charge in [-0.1, -0.05) is 30.1 Å². The summed E-state index contributed by atoms with van der Waals surface area (Å²) in [5.74, 6) is -3.00. The molecule has 0 bridgehead atoms. The SMILES string of the molecule is CCC(C)(NC(=O)c1cc(Cl)c(C)c(Cl)c1)C(=O)CCl.NC(=O)C(N)=O. The lowest BCUT2D eigenvalue weighted by Gasteiger charge is -2.27. The van der Waals surface area contributed by atoms with Crippen molar-refractivity contribution in [3.8, 4) is 0 Å². The third-order valence-electron chi connectivity index (χ3n) is 3.62. The van der Waals surface area contributed by atoms with Crippen LogP contribution in [0.4, 0.5) is 0 Å². The molecule has 0 saturated heterocycles. The molecule has 0 radical (unpaired) electrons. The second kappa shape index (κ2) is 10.4. The smallest absolute Gasteiger partial charge is 0.306 e. The zero-order chi connectivity index (χ0) is 20.7. The van der Waals surface area contributed by atoms with Gasteiger partial charge in [0, 0.05) is 15.6 Å². The molecule has 0 aliphatic carbocycles. The number of carbonyl (C=O) groups excluding carboxylic acids is 4. The third kappa shape index (κ3) is 6.82. The highest BCUT2D eigenvalue weighted by Crippen LogP contribution is 2.26. The first-order chi connectivity index (χ1) is 11.9. The van der Waals surface area contributed by atoms with Gasteiger partial charge in [-0.25, -0.2) is 0 Å². The molecule has 5 N–H and O–H groups in total. The Morgan fingerprint density at radius 3 is 1.81 bits per heavy atom. The molecule has 1 aromatic carbocycles. The van der Waals surface area contributed by atoms with Crippen molar-refractivity contribution >= 4 is 58.3 Å². The van der Waals surface area contributed by atoms with Gasteiger partial charge in [-0.15, -0.1) is 11.6 Å². The fraction of sp³-hybridized carbons (Fsp3) is 0.375. The Labute approximate surface area is 166 Å². The van der Waals surface area contributed by atoms with Crippen LogP contribution in [0.1, 0.15) is 36.2 Å². The Balaban J connectivity index is 0.000000896. The average Bonchev–Trinajstić information content (AvgIpc) is 2.58. The summed E-state index contributed by atoms with van der Waals surface area (Å²) >= 11 is 17.6. The molecule has 7 nitrogen and oxygen atoms in total. The van der Waals surface area contributed by atoms with Crippen molar-refractivity contribution in [2.45, 2.75) is 32.7 Å². The summed E-state index contributed by atoms with van der Waals surface area (Å²) in [5.41, 5.74) is 8.67. The van der Waals surface area contributed by atoms with E-state index in [4.69, 9.17) is 34.8 Å². The van der Waals surface area contributed by atoms with Crippen molar-refractivity contribution in [1.82, 2.24) is 5.32 Å². The molecule has 10 heteroatoms. The number of hydrogen-bond donors (Lipinski definition) is 3. The Kier molecular flexibility index (Phi) is 9.62. The molecule has 0 saturated carbocycles. The molecule has 1 aromatic rings. The van der Waals surface area contributed by atoms with Gasteiger partial charge in [0.1, 0.15) is 0 Å². The zero-order valence-electron chi connectivity index (χ0n) is 14.5. The lowest BCUT2D eigenvalue weighted by atomic mass is 9.93. The van der Waals surface area contributed by atoms with Crippen LogP contribution in [0.25, 0.3) is 0 Å². The molecule has 1 rings (SSSR count). The van der Waals surface area contributed by atoms with Crippen LogP contribution in [-0.4, -0.2) is 34.9 Å².